The summed E-state index contributed by atoms with van der Waals surface area (Å²) in [5.41, 5.74) is 8.73. The zero-order valence-electron chi connectivity index (χ0n) is 11.5. The molecule has 2 N–H and O–H groups in total. The minimum Gasteiger partial charge on any atom is -0.327 e. The van der Waals surface area contributed by atoms with Crippen molar-refractivity contribution in [2.75, 3.05) is 0 Å². The summed E-state index contributed by atoms with van der Waals surface area (Å²) in [5.74, 6) is 0.689. The summed E-state index contributed by atoms with van der Waals surface area (Å²) in [6.07, 6.45) is 9.01. The summed E-state index contributed by atoms with van der Waals surface area (Å²) in [5, 5.41) is 4.44. The third-order valence-electron chi connectivity index (χ3n) is 4.20. The number of aryl methyl sites for hydroxylation is 2. The van der Waals surface area contributed by atoms with Gasteiger partial charge in [-0.15, -0.1) is 0 Å². The molecule has 2 rings (SSSR count). The van der Waals surface area contributed by atoms with Crippen molar-refractivity contribution in [3.05, 3.63) is 15.9 Å². The van der Waals surface area contributed by atoms with Gasteiger partial charge in [-0.2, -0.15) is 5.10 Å². The third kappa shape index (κ3) is 3.15. The van der Waals surface area contributed by atoms with Crippen LogP contribution in [0.4, 0.5) is 0 Å². The fraction of sp³-hybridized carbons (Fsp3) is 0.786. The average molecular weight is 314 g/mol. The van der Waals surface area contributed by atoms with Gasteiger partial charge in [-0.3, -0.25) is 4.68 Å². The van der Waals surface area contributed by atoms with Crippen molar-refractivity contribution >= 4 is 15.9 Å². The Hall–Kier alpha value is -0.350. The van der Waals surface area contributed by atoms with Crippen LogP contribution in [-0.4, -0.2) is 15.8 Å². The summed E-state index contributed by atoms with van der Waals surface area (Å²) in [6, 6.07) is 0.272. The highest BCUT2D eigenvalue weighted by Crippen LogP contribution is 2.28. The van der Waals surface area contributed by atoms with Crippen molar-refractivity contribution < 1.29 is 0 Å². The molecule has 0 saturated heterocycles. The van der Waals surface area contributed by atoms with Crippen LogP contribution in [0.1, 0.15) is 49.9 Å². The van der Waals surface area contributed by atoms with Gasteiger partial charge in [0.15, 0.2) is 0 Å². The van der Waals surface area contributed by atoms with Crippen LogP contribution in [0.15, 0.2) is 4.47 Å². The molecule has 1 aromatic heterocycles. The molecule has 0 aromatic carbocycles. The summed E-state index contributed by atoms with van der Waals surface area (Å²) < 4.78 is 3.10. The minimum absolute atomic E-state index is 0.272. The van der Waals surface area contributed by atoms with Gasteiger partial charge < -0.3 is 5.73 Å². The molecule has 18 heavy (non-hydrogen) atoms. The number of halogens is 1. The van der Waals surface area contributed by atoms with Crippen LogP contribution in [0.2, 0.25) is 0 Å². The molecular weight excluding hydrogens is 290 g/mol. The number of aromatic nitrogens is 2. The van der Waals surface area contributed by atoms with Crippen LogP contribution in [0.3, 0.4) is 0 Å². The van der Waals surface area contributed by atoms with Crippen molar-refractivity contribution in [2.45, 2.75) is 57.9 Å². The normalized spacial score (nSPS) is 19.8. The lowest BCUT2D eigenvalue weighted by Crippen LogP contribution is -2.33. The van der Waals surface area contributed by atoms with Crippen molar-refractivity contribution in [3.63, 3.8) is 0 Å². The Kier molecular flexibility index (Phi) is 4.84. The van der Waals surface area contributed by atoms with Gasteiger partial charge in [-0.25, -0.2) is 0 Å². The number of hydrogen-bond acceptors (Lipinski definition) is 2. The highest BCUT2D eigenvalue weighted by Gasteiger charge is 2.22. The molecule has 0 amide bonds. The SMILES string of the molecule is Cc1nn(C)c(CC(N)C2CCCCCC2)c1Br. The average Bonchev–Trinajstić information content (AvgIpc) is 2.58. The van der Waals surface area contributed by atoms with Gasteiger partial charge in [0.1, 0.15) is 0 Å². The first kappa shape index (κ1) is 14.1. The van der Waals surface area contributed by atoms with Crippen molar-refractivity contribution in [1.82, 2.24) is 9.78 Å². The van der Waals surface area contributed by atoms with Crippen LogP contribution in [-0.2, 0) is 13.5 Å². The summed E-state index contributed by atoms with van der Waals surface area (Å²) in [4.78, 5) is 0. The first-order valence-corrected chi connectivity index (χ1v) is 7.82. The van der Waals surface area contributed by atoms with Crippen molar-refractivity contribution in [1.29, 1.82) is 0 Å². The van der Waals surface area contributed by atoms with Gasteiger partial charge in [0.25, 0.3) is 0 Å². The van der Waals surface area contributed by atoms with Crippen LogP contribution in [0, 0.1) is 12.8 Å². The predicted octanol–water partition coefficient (Wildman–Crippen LogP) is 3.33. The largest absolute Gasteiger partial charge is 0.327 e. The van der Waals surface area contributed by atoms with Gasteiger partial charge >= 0.3 is 0 Å². The van der Waals surface area contributed by atoms with E-state index in [0.29, 0.717) is 5.92 Å². The molecule has 0 spiro atoms. The van der Waals surface area contributed by atoms with Gasteiger partial charge in [0.05, 0.1) is 15.9 Å². The predicted molar refractivity (Wildman–Crippen MR) is 78.5 cm³/mol. The maximum absolute atomic E-state index is 6.43. The van der Waals surface area contributed by atoms with Crippen molar-refractivity contribution in [2.24, 2.45) is 18.7 Å². The first-order chi connectivity index (χ1) is 8.59. The second-order valence-corrected chi connectivity index (χ2v) is 6.38. The van der Waals surface area contributed by atoms with E-state index in [0.717, 1.165) is 16.6 Å². The lowest BCUT2D eigenvalue weighted by atomic mass is 9.89. The Morgan fingerprint density at radius 3 is 2.44 bits per heavy atom. The summed E-state index contributed by atoms with van der Waals surface area (Å²) in [7, 11) is 2.01. The minimum atomic E-state index is 0.272. The molecule has 102 valence electrons. The monoisotopic (exact) mass is 313 g/mol. The quantitative estimate of drug-likeness (QED) is 0.870. The Balaban J connectivity index is 2.03. The maximum atomic E-state index is 6.43. The zero-order chi connectivity index (χ0) is 13.1. The molecule has 1 aromatic rings. The van der Waals surface area contributed by atoms with Crippen LogP contribution in [0.25, 0.3) is 0 Å². The van der Waals surface area contributed by atoms with E-state index in [2.05, 4.69) is 21.0 Å². The molecule has 1 heterocycles. The molecule has 0 radical (unpaired) electrons. The fourth-order valence-corrected chi connectivity index (χ4v) is 3.53. The second-order valence-electron chi connectivity index (χ2n) is 5.59. The molecular formula is C14H24BrN3. The molecule has 3 nitrogen and oxygen atoms in total. The molecule has 1 atom stereocenters. The first-order valence-electron chi connectivity index (χ1n) is 7.03. The smallest absolute Gasteiger partial charge is 0.0738 e. The number of rotatable bonds is 3. The van der Waals surface area contributed by atoms with E-state index < -0.39 is 0 Å². The molecule has 0 bridgehead atoms. The lowest BCUT2D eigenvalue weighted by molar-refractivity contribution is 0.367. The molecule has 1 unspecified atom stereocenters. The van der Waals surface area contributed by atoms with Crippen LogP contribution < -0.4 is 5.73 Å². The van der Waals surface area contributed by atoms with Crippen molar-refractivity contribution in [3.8, 4) is 0 Å². The zero-order valence-corrected chi connectivity index (χ0v) is 13.0. The van der Waals surface area contributed by atoms with E-state index in [1.165, 1.54) is 44.2 Å². The van der Waals surface area contributed by atoms with E-state index >= 15 is 0 Å². The Labute approximate surface area is 118 Å². The molecule has 1 aliphatic rings. The van der Waals surface area contributed by atoms with E-state index in [1.54, 1.807) is 0 Å². The molecule has 4 heteroatoms. The molecule has 0 aliphatic heterocycles. The fourth-order valence-electron chi connectivity index (χ4n) is 3.03. The highest BCUT2D eigenvalue weighted by atomic mass is 79.9. The maximum Gasteiger partial charge on any atom is 0.0738 e. The second kappa shape index (κ2) is 6.20. The number of nitrogens with two attached hydrogens (primary N) is 1. The number of nitrogens with zero attached hydrogens (tertiary/aromatic N) is 2. The number of hydrogen-bond donors (Lipinski definition) is 1. The van der Waals surface area contributed by atoms with Gasteiger partial charge in [-0.1, -0.05) is 25.7 Å². The van der Waals surface area contributed by atoms with Gasteiger partial charge in [-0.05, 0) is 41.6 Å². The molecule has 1 saturated carbocycles. The highest BCUT2D eigenvalue weighted by molar-refractivity contribution is 9.10. The summed E-state index contributed by atoms with van der Waals surface area (Å²) >= 11 is 3.63. The van der Waals surface area contributed by atoms with Crippen LogP contribution >= 0.6 is 15.9 Å². The summed E-state index contributed by atoms with van der Waals surface area (Å²) in [6.45, 7) is 2.03. The van der Waals surface area contributed by atoms with E-state index in [4.69, 9.17) is 5.73 Å². The Bertz CT molecular complexity index is 392. The Morgan fingerprint density at radius 1 is 1.33 bits per heavy atom. The molecule has 1 fully saturated rings. The van der Waals surface area contributed by atoms with E-state index in [-0.39, 0.29) is 6.04 Å². The van der Waals surface area contributed by atoms with E-state index in [9.17, 15) is 0 Å². The standard InChI is InChI=1S/C14H24BrN3/c1-10-14(15)13(18(2)17-10)9-12(16)11-7-5-3-4-6-8-11/h11-12H,3-9,16H2,1-2H3. The van der Waals surface area contributed by atoms with Gasteiger partial charge in [0.2, 0.25) is 0 Å². The van der Waals surface area contributed by atoms with E-state index in [1.807, 2.05) is 18.7 Å². The van der Waals surface area contributed by atoms with Crippen LogP contribution in [0.5, 0.6) is 0 Å². The topological polar surface area (TPSA) is 43.8 Å². The Morgan fingerprint density at radius 2 is 1.94 bits per heavy atom. The lowest BCUT2D eigenvalue weighted by Gasteiger charge is -2.22. The van der Waals surface area contributed by atoms with Gasteiger partial charge in [0, 0.05) is 19.5 Å². The molecule has 1 aliphatic carbocycles. The third-order valence-corrected chi connectivity index (χ3v) is 5.23.